The molecule has 3 rings (SSSR count). The first kappa shape index (κ1) is 15.1. The Morgan fingerprint density at radius 1 is 1.32 bits per heavy atom. The van der Waals surface area contributed by atoms with Crippen LogP contribution in [0, 0.1) is 0 Å². The summed E-state index contributed by atoms with van der Waals surface area (Å²) in [6, 6.07) is 8.44. The zero-order valence-corrected chi connectivity index (χ0v) is 13.5. The molecule has 0 bridgehead atoms. The molecule has 1 aliphatic rings. The van der Waals surface area contributed by atoms with Crippen LogP contribution >= 0.6 is 11.3 Å². The summed E-state index contributed by atoms with van der Waals surface area (Å²) in [6.45, 7) is 4.26. The van der Waals surface area contributed by atoms with E-state index in [1.165, 1.54) is 22.5 Å². The van der Waals surface area contributed by atoms with E-state index >= 15 is 0 Å². The van der Waals surface area contributed by atoms with Gasteiger partial charge in [0.15, 0.2) is 0 Å². The van der Waals surface area contributed by atoms with Gasteiger partial charge in [-0.15, -0.1) is 10.2 Å². The molecule has 1 aliphatic heterocycles. The number of rotatable bonds is 5. The Morgan fingerprint density at radius 2 is 2.14 bits per heavy atom. The first-order valence-electron chi connectivity index (χ1n) is 7.66. The maximum absolute atomic E-state index is 12.1. The van der Waals surface area contributed by atoms with Gasteiger partial charge in [0.2, 0.25) is 11.0 Å². The topological polar surface area (TPSA) is 58.1 Å². The number of carbonyl (C=O) groups excluding carboxylic acids is 1. The van der Waals surface area contributed by atoms with Crippen LogP contribution in [0.15, 0.2) is 24.3 Å². The van der Waals surface area contributed by atoms with Crippen molar-refractivity contribution < 1.29 is 4.79 Å². The number of hydrogen-bond donors (Lipinski definition) is 1. The Hall–Kier alpha value is -1.79. The molecule has 2 aromatic rings. The van der Waals surface area contributed by atoms with Gasteiger partial charge in [0.05, 0.1) is 6.54 Å². The fourth-order valence-corrected chi connectivity index (χ4v) is 3.53. The fourth-order valence-electron chi connectivity index (χ4n) is 2.67. The minimum atomic E-state index is -0.0152. The second-order valence-electron chi connectivity index (χ2n) is 5.53. The molecule has 0 saturated heterocycles. The van der Waals surface area contributed by atoms with Crippen LogP contribution in [0.2, 0.25) is 0 Å². The fraction of sp³-hybridized carbons (Fsp3) is 0.438. The number of aryl methyl sites for hydroxylation is 1. The third-order valence-corrected chi connectivity index (χ3v) is 4.65. The third-order valence-electron chi connectivity index (χ3n) is 3.75. The summed E-state index contributed by atoms with van der Waals surface area (Å²) in [6.07, 6.45) is 2.95. The SMILES string of the molecule is CCCc1nnc(NC(=O)CN2CCc3ccccc3C2)s1. The molecule has 1 N–H and O–H groups in total. The number of carbonyl (C=O) groups is 1. The van der Waals surface area contributed by atoms with Gasteiger partial charge in [0, 0.05) is 19.5 Å². The number of fused-ring (bicyclic) bond motifs is 1. The number of nitrogens with one attached hydrogen (secondary N) is 1. The van der Waals surface area contributed by atoms with Gasteiger partial charge in [-0.25, -0.2) is 0 Å². The van der Waals surface area contributed by atoms with Crippen molar-refractivity contribution in [3.8, 4) is 0 Å². The predicted molar refractivity (Wildman–Crippen MR) is 88.0 cm³/mol. The molecule has 6 heteroatoms. The predicted octanol–water partition coefficient (Wildman–Crippen LogP) is 2.49. The van der Waals surface area contributed by atoms with Crippen molar-refractivity contribution in [1.29, 1.82) is 0 Å². The Labute approximate surface area is 134 Å². The van der Waals surface area contributed by atoms with Gasteiger partial charge in [-0.1, -0.05) is 42.5 Å². The van der Waals surface area contributed by atoms with Gasteiger partial charge in [-0.3, -0.25) is 15.0 Å². The molecule has 5 nitrogen and oxygen atoms in total. The molecule has 0 radical (unpaired) electrons. The van der Waals surface area contributed by atoms with E-state index in [9.17, 15) is 4.79 Å². The molecular formula is C16H20N4OS. The second-order valence-corrected chi connectivity index (χ2v) is 6.59. The van der Waals surface area contributed by atoms with Crippen molar-refractivity contribution >= 4 is 22.4 Å². The van der Waals surface area contributed by atoms with Crippen LogP contribution in [0.25, 0.3) is 0 Å². The van der Waals surface area contributed by atoms with Gasteiger partial charge in [-0.2, -0.15) is 0 Å². The zero-order valence-electron chi connectivity index (χ0n) is 12.7. The van der Waals surface area contributed by atoms with E-state index in [2.05, 4.69) is 51.6 Å². The van der Waals surface area contributed by atoms with Crippen molar-refractivity contribution in [3.63, 3.8) is 0 Å². The summed E-state index contributed by atoms with van der Waals surface area (Å²) in [5.74, 6) is -0.0152. The quantitative estimate of drug-likeness (QED) is 0.921. The molecule has 1 aromatic heterocycles. The standard InChI is InChI=1S/C16H20N4OS/c1-2-5-15-18-19-16(22-15)17-14(21)11-20-9-8-12-6-3-4-7-13(12)10-20/h3-4,6-7H,2,5,8-11H2,1H3,(H,17,19,21). The van der Waals surface area contributed by atoms with E-state index in [4.69, 9.17) is 0 Å². The summed E-state index contributed by atoms with van der Waals surface area (Å²) in [5, 5.41) is 12.5. The maximum atomic E-state index is 12.1. The van der Waals surface area contributed by atoms with Gasteiger partial charge >= 0.3 is 0 Å². The summed E-state index contributed by atoms with van der Waals surface area (Å²) in [7, 11) is 0. The molecule has 0 spiro atoms. The van der Waals surface area contributed by atoms with E-state index < -0.39 is 0 Å². The molecule has 2 heterocycles. The molecule has 22 heavy (non-hydrogen) atoms. The molecule has 116 valence electrons. The summed E-state index contributed by atoms with van der Waals surface area (Å²) >= 11 is 1.46. The minimum absolute atomic E-state index is 0.0152. The monoisotopic (exact) mass is 316 g/mol. The summed E-state index contributed by atoms with van der Waals surface area (Å²) in [5.41, 5.74) is 2.72. The lowest BCUT2D eigenvalue weighted by molar-refractivity contribution is -0.117. The van der Waals surface area contributed by atoms with Crippen molar-refractivity contribution in [1.82, 2.24) is 15.1 Å². The van der Waals surface area contributed by atoms with Crippen LogP contribution in [-0.4, -0.2) is 34.1 Å². The highest BCUT2D eigenvalue weighted by Crippen LogP contribution is 2.19. The average Bonchev–Trinajstić information content (AvgIpc) is 2.94. The average molecular weight is 316 g/mol. The Bertz CT molecular complexity index is 655. The normalized spacial score (nSPS) is 14.6. The van der Waals surface area contributed by atoms with Crippen LogP contribution < -0.4 is 5.32 Å². The molecule has 0 aliphatic carbocycles. The zero-order chi connectivity index (χ0) is 15.4. The number of nitrogens with zero attached hydrogens (tertiary/aromatic N) is 3. The van der Waals surface area contributed by atoms with E-state index in [0.29, 0.717) is 11.7 Å². The van der Waals surface area contributed by atoms with Crippen LogP contribution in [0.5, 0.6) is 0 Å². The van der Waals surface area contributed by atoms with Crippen LogP contribution in [0.1, 0.15) is 29.5 Å². The van der Waals surface area contributed by atoms with Crippen LogP contribution in [-0.2, 0) is 24.2 Å². The number of benzene rings is 1. The Kier molecular flexibility index (Phi) is 4.80. The largest absolute Gasteiger partial charge is 0.299 e. The van der Waals surface area contributed by atoms with E-state index in [1.807, 2.05) is 0 Å². The van der Waals surface area contributed by atoms with E-state index in [0.717, 1.165) is 37.4 Å². The number of anilines is 1. The van der Waals surface area contributed by atoms with Gasteiger partial charge in [0.1, 0.15) is 5.01 Å². The molecule has 1 aromatic carbocycles. The highest BCUT2D eigenvalue weighted by atomic mass is 32.1. The van der Waals surface area contributed by atoms with Gasteiger partial charge < -0.3 is 0 Å². The van der Waals surface area contributed by atoms with Crippen molar-refractivity contribution in [2.75, 3.05) is 18.4 Å². The molecule has 1 amide bonds. The Morgan fingerprint density at radius 3 is 2.95 bits per heavy atom. The molecule has 0 fully saturated rings. The van der Waals surface area contributed by atoms with Crippen molar-refractivity contribution in [2.24, 2.45) is 0 Å². The lowest BCUT2D eigenvalue weighted by Crippen LogP contribution is -2.37. The summed E-state index contributed by atoms with van der Waals surface area (Å²) < 4.78 is 0. The smallest absolute Gasteiger partial charge is 0.240 e. The Balaban J connectivity index is 1.54. The minimum Gasteiger partial charge on any atom is -0.299 e. The highest BCUT2D eigenvalue weighted by molar-refractivity contribution is 7.15. The van der Waals surface area contributed by atoms with Crippen LogP contribution in [0.4, 0.5) is 5.13 Å². The van der Waals surface area contributed by atoms with Crippen molar-refractivity contribution in [3.05, 3.63) is 40.4 Å². The first-order chi connectivity index (χ1) is 10.7. The number of aromatic nitrogens is 2. The second kappa shape index (κ2) is 6.98. The number of hydrogen-bond acceptors (Lipinski definition) is 5. The third kappa shape index (κ3) is 3.69. The van der Waals surface area contributed by atoms with Gasteiger partial charge in [0.25, 0.3) is 0 Å². The first-order valence-corrected chi connectivity index (χ1v) is 8.47. The number of amides is 1. The van der Waals surface area contributed by atoms with Gasteiger partial charge in [-0.05, 0) is 24.0 Å². The molecule has 0 atom stereocenters. The summed E-state index contributed by atoms with van der Waals surface area (Å²) in [4.78, 5) is 14.3. The van der Waals surface area contributed by atoms with Crippen LogP contribution in [0.3, 0.4) is 0 Å². The molecular weight excluding hydrogens is 296 g/mol. The molecule has 0 unspecified atom stereocenters. The lowest BCUT2D eigenvalue weighted by Gasteiger charge is -2.27. The highest BCUT2D eigenvalue weighted by Gasteiger charge is 2.18. The lowest BCUT2D eigenvalue weighted by atomic mass is 10.00. The maximum Gasteiger partial charge on any atom is 0.240 e. The van der Waals surface area contributed by atoms with E-state index in [-0.39, 0.29) is 5.91 Å². The molecule has 0 saturated carbocycles. The van der Waals surface area contributed by atoms with E-state index in [1.54, 1.807) is 0 Å². The van der Waals surface area contributed by atoms with Crippen molar-refractivity contribution in [2.45, 2.75) is 32.7 Å².